The van der Waals surface area contributed by atoms with Crippen molar-refractivity contribution in [2.24, 2.45) is 11.3 Å². The molecule has 45 heavy (non-hydrogen) atoms. The third-order valence-corrected chi connectivity index (χ3v) is 10.9. The first-order chi connectivity index (χ1) is 21.6. The second kappa shape index (κ2) is 14.4. The number of aliphatic hydroxyl groups is 1. The van der Waals surface area contributed by atoms with Gasteiger partial charge in [0.25, 0.3) is 0 Å². The summed E-state index contributed by atoms with van der Waals surface area (Å²) in [4.78, 5) is 13.2. The zero-order chi connectivity index (χ0) is 32.0. The second-order valence-electron chi connectivity index (χ2n) is 12.7. The lowest BCUT2D eigenvalue weighted by molar-refractivity contribution is -0.0907. The maximum Gasteiger partial charge on any atom is 0.407 e. The molecule has 2 aromatic carbocycles. The number of aliphatic hydroxyl groups excluding tert-OH is 1. The minimum atomic E-state index is -4.00. The lowest BCUT2D eigenvalue weighted by Gasteiger charge is -2.32. The van der Waals surface area contributed by atoms with Crippen molar-refractivity contribution < 1.29 is 42.0 Å². The van der Waals surface area contributed by atoms with E-state index in [-0.39, 0.29) is 49.4 Å². The van der Waals surface area contributed by atoms with Crippen molar-refractivity contribution in [2.75, 3.05) is 26.4 Å². The molecule has 1 amide bonds. The van der Waals surface area contributed by atoms with Crippen molar-refractivity contribution >= 4 is 15.9 Å². The van der Waals surface area contributed by atoms with Crippen LogP contribution in [0, 0.1) is 22.7 Å². The lowest BCUT2D eigenvalue weighted by Crippen LogP contribution is -2.48. The fourth-order valence-corrected chi connectivity index (χ4v) is 8.32. The molecule has 2 saturated heterocycles. The summed E-state index contributed by atoms with van der Waals surface area (Å²) in [7, 11) is -4.00. The predicted octanol–water partition coefficient (Wildman–Crippen LogP) is 4.17. The number of hydrogen-bond acceptors (Lipinski definition) is 10. The van der Waals surface area contributed by atoms with Crippen molar-refractivity contribution in [3.63, 3.8) is 0 Å². The third-order valence-electron chi connectivity index (χ3n) is 8.79. The molecule has 6 atom stereocenters. The summed E-state index contributed by atoms with van der Waals surface area (Å²) in [6, 6.07) is 15.2. The number of alkyl carbamates (subject to hydrolysis) is 1. The highest BCUT2D eigenvalue weighted by atomic mass is 32.2. The maximum absolute atomic E-state index is 14.2. The summed E-state index contributed by atoms with van der Waals surface area (Å²) >= 11 is 0. The molecule has 5 rings (SSSR count). The Morgan fingerprint density at radius 3 is 2.62 bits per heavy atom. The number of nitriles is 1. The third kappa shape index (κ3) is 8.27. The fraction of sp³-hybridized carbons (Fsp3) is 0.576. The van der Waals surface area contributed by atoms with Gasteiger partial charge in [-0.15, -0.1) is 0 Å². The van der Waals surface area contributed by atoms with Crippen LogP contribution in [0.2, 0.25) is 0 Å². The summed E-state index contributed by atoms with van der Waals surface area (Å²) in [5.74, 6) is 0.770. The first-order valence-electron chi connectivity index (χ1n) is 15.5. The molecule has 244 valence electrons. The Morgan fingerprint density at radius 2 is 1.87 bits per heavy atom. The Labute approximate surface area is 264 Å². The highest BCUT2D eigenvalue weighted by Crippen LogP contribution is 2.38. The minimum absolute atomic E-state index is 0.0515. The molecule has 2 N–H and O–H groups in total. The van der Waals surface area contributed by atoms with Crippen LogP contribution in [0.15, 0.2) is 53.4 Å². The molecular formula is C33H42N2O9S. The van der Waals surface area contributed by atoms with E-state index in [9.17, 15) is 23.6 Å². The summed E-state index contributed by atoms with van der Waals surface area (Å²) in [6.07, 6.45) is -1.06. The Morgan fingerprint density at radius 1 is 1.11 bits per heavy atom. The molecule has 0 bridgehead atoms. The van der Waals surface area contributed by atoms with Crippen molar-refractivity contribution in [2.45, 2.75) is 87.1 Å². The number of ether oxygens (including phenoxy) is 5. The van der Waals surface area contributed by atoms with Crippen LogP contribution in [-0.2, 0) is 30.5 Å². The molecule has 3 heterocycles. The van der Waals surface area contributed by atoms with E-state index in [4.69, 9.17) is 23.7 Å². The predicted molar refractivity (Wildman–Crippen MR) is 163 cm³/mol. The number of fused-ring (bicyclic) bond motifs is 2. The van der Waals surface area contributed by atoms with E-state index in [1.54, 1.807) is 6.07 Å². The standard InChI is InChI=1S/C33H42N2O9S/c1-33(2,12-6-13-34)20-24(45(38,39)23-9-10-28-29(19-23)41-16-15-40-28)18-27(36)26(17-22-7-4-3-5-8-22)35-32(37)44-30-21-43-31-25(30)11-14-42-31/h3-5,7-10,19,24-27,30-31,36H,6,11-12,14-18,20-21H2,1-2H3,(H,35,37)/t24?,25?,26-,27?,30?,31?/m0/s1. The average Bonchev–Trinajstić information content (AvgIpc) is 3.65. The Bertz CT molecular complexity index is 1460. The molecule has 12 heteroatoms. The van der Waals surface area contributed by atoms with E-state index in [1.165, 1.54) is 12.1 Å². The highest BCUT2D eigenvalue weighted by molar-refractivity contribution is 7.92. The van der Waals surface area contributed by atoms with E-state index in [1.807, 2.05) is 44.2 Å². The van der Waals surface area contributed by atoms with Gasteiger partial charge in [0.15, 0.2) is 27.6 Å². The van der Waals surface area contributed by atoms with E-state index in [0.717, 1.165) is 12.0 Å². The van der Waals surface area contributed by atoms with Crippen LogP contribution in [0.3, 0.4) is 0 Å². The molecule has 2 fully saturated rings. The molecule has 0 radical (unpaired) electrons. The van der Waals surface area contributed by atoms with Gasteiger partial charge < -0.3 is 34.1 Å². The highest BCUT2D eigenvalue weighted by Gasteiger charge is 2.44. The quantitative estimate of drug-likeness (QED) is 0.326. The molecule has 0 aromatic heterocycles. The minimum Gasteiger partial charge on any atom is -0.486 e. The molecule has 2 aromatic rings. The van der Waals surface area contributed by atoms with Crippen LogP contribution in [-0.4, -0.2) is 75.8 Å². The fourth-order valence-electron chi connectivity index (χ4n) is 6.28. The Hall–Kier alpha value is -3.37. The molecular weight excluding hydrogens is 600 g/mol. The van der Waals surface area contributed by atoms with Gasteiger partial charge in [0.1, 0.15) is 19.3 Å². The largest absolute Gasteiger partial charge is 0.486 e. The van der Waals surface area contributed by atoms with Gasteiger partial charge in [-0.05, 0) is 55.2 Å². The van der Waals surface area contributed by atoms with Crippen LogP contribution in [0.1, 0.15) is 51.5 Å². The van der Waals surface area contributed by atoms with Gasteiger partial charge in [-0.2, -0.15) is 5.26 Å². The smallest absolute Gasteiger partial charge is 0.407 e. The van der Waals surface area contributed by atoms with Crippen LogP contribution in [0.5, 0.6) is 11.5 Å². The summed E-state index contributed by atoms with van der Waals surface area (Å²) < 4.78 is 56.5. The lowest BCUT2D eigenvalue weighted by atomic mass is 9.82. The van der Waals surface area contributed by atoms with Gasteiger partial charge in [0, 0.05) is 12.5 Å². The van der Waals surface area contributed by atoms with Crippen molar-refractivity contribution in [1.29, 1.82) is 5.26 Å². The molecule has 11 nitrogen and oxygen atoms in total. The van der Waals surface area contributed by atoms with Crippen LogP contribution < -0.4 is 14.8 Å². The number of rotatable bonds is 13. The van der Waals surface area contributed by atoms with Gasteiger partial charge in [-0.25, -0.2) is 13.2 Å². The van der Waals surface area contributed by atoms with Crippen LogP contribution >= 0.6 is 0 Å². The zero-order valence-electron chi connectivity index (χ0n) is 25.7. The van der Waals surface area contributed by atoms with Gasteiger partial charge in [0.05, 0.1) is 47.5 Å². The van der Waals surface area contributed by atoms with Crippen molar-refractivity contribution in [3.05, 3.63) is 54.1 Å². The summed E-state index contributed by atoms with van der Waals surface area (Å²) in [5.41, 5.74) is 0.334. The number of nitrogens with zero attached hydrogens (tertiary/aromatic N) is 1. The number of amides is 1. The number of sulfone groups is 1. The Balaban J connectivity index is 1.38. The van der Waals surface area contributed by atoms with Crippen LogP contribution in [0.25, 0.3) is 0 Å². The summed E-state index contributed by atoms with van der Waals surface area (Å²) in [5, 5.41) is 22.7. The van der Waals surface area contributed by atoms with Gasteiger partial charge in [-0.1, -0.05) is 44.2 Å². The molecule has 3 aliphatic heterocycles. The van der Waals surface area contributed by atoms with Crippen molar-refractivity contribution in [3.8, 4) is 17.6 Å². The van der Waals surface area contributed by atoms with Crippen molar-refractivity contribution in [1.82, 2.24) is 5.32 Å². The number of nitrogens with one attached hydrogen (secondary N) is 1. The first kappa shape index (κ1) is 33.0. The first-order valence-corrected chi connectivity index (χ1v) is 17.0. The zero-order valence-corrected chi connectivity index (χ0v) is 26.5. The molecule has 5 unspecified atom stereocenters. The van der Waals surface area contributed by atoms with Gasteiger partial charge >= 0.3 is 6.09 Å². The number of hydrogen-bond donors (Lipinski definition) is 2. The van der Waals surface area contributed by atoms with Gasteiger partial charge in [-0.3, -0.25) is 0 Å². The maximum atomic E-state index is 14.2. The molecule has 0 saturated carbocycles. The van der Waals surface area contributed by atoms with E-state index in [2.05, 4.69) is 11.4 Å². The normalized spacial score (nSPS) is 22.9. The van der Waals surface area contributed by atoms with Gasteiger partial charge in [0.2, 0.25) is 0 Å². The number of carbonyl (C=O) groups excluding carboxylic acids is 1. The van der Waals surface area contributed by atoms with E-state index < -0.39 is 44.8 Å². The van der Waals surface area contributed by atoms with E-state index in [0.29, 0.717) is 37.7 Å². The van der Waals surface area contributed by atoms with Crippen LogP contribution in [0.4, 0.5) is 4.79 Å². The van der Waals surface area contributed by atoms with E-state index >= 15 is 0 Å². The monoisotopic (exact) mass is 642 g/mol. The number of carbonyl (C=O) groups is 1. The SMILES string of the molecule is CC(C)(CCC#N)CC(CC(O)[C@H](Cc1ccccc1)NC(=O)OC1COC2OCCC12)S(=O)(=O)c1ccc2c(c1)OCCO2. The number of benzene rings is 2. The summed E-state index contributed by atoms with van der Waals surface area (Å²) in [6.45, 7) is 5.29. The molecule has 0 spiro atoms. The second-order valence-corrected chi connectivity index (χ2v) is 14.9. The topological polar surface area (TPSA) is 153 Å². The molecule has 0 aliphatic carbocycles. The average molecular weight is 643 g/mol. The Kier molecular flexibility index (Phi) is 10.5. The molecule has 3 aliphatic rings.